The van der Waals surface area contributed by atoms with Gasteiger partial charge < -0.3 is 20.8 Å². The van der Waals surface area contributed by atoms with Crippen molar-refractivity contribution in [2.24, 2.45) is 5.73 Å². The summed E-state index contributed by atoms with van der Waals surface area (Å²) in [6.45, 7) is 6.12. The van der Waals surface area contributed by atoms with E-state index in [1.165, 1.54) is 0 Å². The lowest BCUT2D eigenvalue weighted by molar-refractivity contribution is 0.279. The maximum atomic E-state index is 10.0. The van der Waals surface area contributed by atoms with Crippen LogP contribution in [0.2, 0.25) is 0 Å². The third-order valence-electron chi connectivity index (χ3n) is 3.22. The van der Waals surface area contributed by atoms with Crippen molar-refractivity contribution in [1.82, 2.24) is 0 Å². The molecule has 0 aromatic heterocycles. The molecule has 0 bridgehead atoms. The molecular formula is C14H24N2O2. The molecule has 0 aliphatic rings. The minimum absolute atomic E-state index is 0.131. The normalized spacial score (nSPS) is 12.4. The average molecular weight is 252 g/mol. The lowest BCUT2D eigenvalue weighted by atomic mass is 10.0. The SMILES string of the molecule is CCN(CC)c1ccc([C@H](N)CCCO)c(O)c1. The van der Waals surface area contributed by atoms with Gasteiger partial charge in [0.1, 0.15) is 5.75 Å². The van der Waals surface area contributed by atoms with Crippen LogP contribution in [-0.2, 0) is 0 Å². The van der Waals surface area contributed by atoms with Crippen molar-refractivity contribution >= 4 is 5.69 Å². The predicted octanol–water partition coefficient (Wildman–Crippen LogP) is 2.01. The molecule has 102 valence electrons. The van der Waals surface area contributed by atoms with Gasteiger partial charge in [-0.25, -0.2) is 0 Å². The zero-order chi connectivity index (χ0) is 13.5. The van der Waals surface area contributed by atoms with Gasteiger partial charge in [0.2, 0.25) is 0 Å². The van der Waals surface area contributed by atoms with Gasteiger partial charge in [-0.2, -0.15) is 0 Å². The molecule has 1 aromatic rings. The smallest absolute Gasteiger partial charge is 0.122 e. The Bertz CT molecular complexity index is 365. The van der Waals surface area contributed by atoms with Crippen molar-refractivity contribution in [3.05, 3.63) is 23.8 Å². The Balaban J connectivity index is 2.85. The highest BCUT2D eigenvalue weighted by Gasteiger charge is 2.12. The highest BCUT2D eigenvalue weighted by atomic mass is 16.3. The first-order valence-corrected chi connectivity index (χ1v) is 6.58. The summed E-state index contributed by atoms with van der Waals surface area (Å²) in [6, 6.07) is 5.41. The quantitative estimate of drug-likeness (QED) is 0.694. The third kappa shape index (κ3) is 3.62. The molecule has 0 aliphatic heterocycles. The van der Waals surface area contributed by atoms with Crippen LogP contribution in [0.15, 0.2) is 18.2 Å². The van der Waals surface area contributed by atoms with Crippen LogP contribution < -0.4 is 10.6 Å². The van der Waals surface area contributed by atoms with Crippen molar-refractivity contribution in [1.29, 1.82) is 0 Å². The van der Waals surface area contributed by atoms with E-state index >= 15 is 0 Å². The van der Waals surface area contributed by atoms with Gasteiger partial charge in [-0.3, -0.25) is 0 Å². The summed E-state index contributed by atoms with van der Waals surface area (Å²) in [5.41, 5.74) is 7.75. The first kappa shape index (κ1) is 14.8. The van der Waals surface area contributed by atoms with Crippen LogP contribution in [-0.4, -0.2) is 29.9 Å². The van der Waals surface area contributed by atoms with Crippen molar-refractivity contribution in [3.63, 3.8) is 0 Å². The van der Waals surface area contributed by atoms with Gasteiger partial charge in [-0.1, -0.05) is 6.07 Å². The van der Waals surface area contributed by atoms with Crippen LogP contribution >= 0.6 is 0 Å². The zero-order valence-electron chi connectivity index (χ0n) is 11.3. The molecule has 0 fully saturated rings. The van der Waals surface area contributed by atoms with E-state index in [0.29, 0.717) is 12.8 Å². The van der Waals surface area contributed by atoms with E-state index in [9.17, 15) is 5.11 Å². The molecule has 0 aliphatic carbocycles. The van der Waals surface area contributed by atoms with Crippen LogP contribution in [0.5, 0.6) is 5.75 Å². The first-order chi connectivity index (χ1) is 8.63. The molecule has 0 heterocycles. The lowest BCUT2D eigenvalue weighted by Crippen LogP contribution is -2.21. The molecule has 1 aromatic carbocycles. The van der Waals surface area contributed by atoms with E-state index in [0.717, 1.165) is 24.3 Å². The Morgan fingerprint density at radius 2 is 1.94 bits per heavy atom. The van der Waals surface area contributed by atoms with Gasteiger partial charge in [0, 0.05) is 43.1 Å². The molecule has 18 heavy (non-hydrogen) atoms. The highest BCUT2D eigenvalue weighted by molar-refractivity contribution is 5.53. The fraction of sp³-hybridized carbons (Fsp3) is 0.571. The fourth-order valence-corrected chi connectivity index (χ4v) is 2.10. The summed E-state index contributed by atoms with van der Waals surface area (Å²) in [5.74, 6) is 0.241. The van der Waals surface area contributed by atoms with E-state index in [2.05, 4.69) is 18.7 Å². The van der Waals surface area contributed by atoms with E-state index in [4.69, 9.17) is 10.8 Å². The maximum Gasteiger partial charge on any atom is 0.122 e. The number of benzene rings is 1. The number of phenolic OH excluding ortho intramolecular Hbond substituents is 1. The van der Waals surface area contributed by atoms with Crippen molar-refractivity contribution in [2.45, 2.75) is 32.7 Å². The Hall–Kier alpha value is -1.26. The summed E-state index contributed by atoms with van der Waals surface area (Å²) >= 11 is 0. The van der Waals surface area contributed by atoms with Gasteiger partial charge in [0.05, 0.1) is 0 Å². The van der Waals surface area contributed by atoms with Gasteiger partial charge in [-0.05, 0) is 32.8 Å². The molecule has 0 spiro atoms. The molecule has 1 atom stereocenters. The van der Waals surface area contributed by atoms with Crippen LogP contribution in [0.3, 0.4) is 0 Å². The summed E-state index contributed by atoms with van der Waals surface area (Å²) < 4.78 is 0. The number of hydrogen-bond acceptors (Lipinski definition) is 4. The van der Waals surface area contributed by atoms with Gasteiger partial charge in [0.25, 0.3) is 0 Å². The number of aliphatic hydroxyl groups is 1. The van der Waals surface area contributed by atoms with Crippen LogP contribution in [0, 0.1) is 0 Å². The van der Waals surface area contributed by atoms with Crippen LogP contribution in [0.4, 0.5) is 5.69 Å². The Morgan fingerprint density at radius 3 is 2.44 bits per heavy atom. The van der Waals surface area contributed by atoms with Crippen molar-refractivity contribution < 1.29 is 10.2 Å². The summed E-state index contributed by atoms with van der Waals surface area (Å²) in [5, 5.41) is 18.8. The average Bonchev–Trinajstić information content (AvgIpc) is 2.37. The summed E-state index contributed by atoms with van der Waals surface area (Å²) in [4.78, 5) is 2.17. The van der Waals surface area contributed by atoms with Gasteiger partial charge in [0.15, 0.2) is 0 Å². The van der Waals surface area contributed by atoms with Crippen molar-refractivity contribution in [2.75, 3.05) is 24.6 Å². The second-order valence-electron chi connectivity index (χ2n) is 4.39. The molecule has 0 unspecified atom stereocenters. The monoisotopic (exact) mass is 252 g/mol. The number of phenols is 1. The zero-order valence-corrected chi connectivity index (χ0v) is 11.3. The topological polar surface area (TPSA) is 69.7 Å². The molecule has 4 nitrogen and oxygen atoms in total. The summed E-state index contributed by atoms with van der Waals surface area (Å²) in [6.07, 6.45) is 1.33. The number of anilines is 1. The van der Waals surface area contributed by atoms with Gasteiger partial charge >= 0.3 is 0 Å². The van der Waals surface area contributed by atoms with E-state index in [1.54, 1.807) is 6.07 Å². The number of aromatic hydroxyl groups is 1. The second-order valence-corrected chi connectivity index (χ2v) is 4.39. The molecule has 4 heteroatoms. The van der Waals surface area contributed by atoms with E-state index in [1.807, 2.05) is 12.1 Å². The Kier molecular flexibility index (Phi) is 5.95. The van der Waals surface area contributed by atoms with Crippen LogP contribution in [0.1, 0.15) is 38.3 Å². The number of nitrogens with two attached hydrogens (primary N) is 1. The van der Waals surface area contributed by atoms with E-state index < -0.39 is 0 Å². The number of rotatable bonds is 7. The minimum Gasteiger partial charge on any atom is -0.508 e. The molecule has 0 saturated heterocycles. The number of aliphatic hydroxyl groups excluding tert-OH is 1. The number of hydrogen-bond donors (Lipinski definition) is 3. The highest BCUT2D eigenvalue weighted by Crippen LogP contribution is 2.29. The molecular weight excluding hydrogens is 228 g/mol. The maximum absolute atomic E-state index is 10.0. The molecule has 0 amide bonds. The standard InChI is InChI=1S/C14H24N2O2/c1-3-16(4-2)11-7-8-12(14(18)10-11)13(15)6-5-9-17/h7-8,10,13,17-18H,3-6,9,15H2,1-2H3/t13-/m1/s1. The second kappa shape index (κ2) is 7.24. The molecule has 0 radical (unpaired) electrons. The lowest BCUT2D eigenvalue weighted by Gasteiger charge is -2.22. The Morgan fingerprint density at radius 1 is 1.28 bits per heavy atom. The Labute approximate surface area is 109 Å². The molecule has 0 saturated carbocycles. The fourth-order valence-electron chi connectivity index (χ4n) is 2.10. The molecule has 1 rings (SSSR count). The third-order valence-corrected chi connectivity index (χ3v) is 3.22. The van der Waals surface area contributed by atoms with Crippen molar-refractivity contribution in [3.8, 4) is 5.75 Å². The van der Waals surface area contributed by atoms with Gasteiger partial charge in [-0.15, -0.1) is 0 Å². The largest absolute Gasteiger partial charge is 0.508 e. The minimum atomic E-state index is -0.220. The number of nitrogens with zero attached hydrogens (tertiary/aromatic N) is 1. The van der Waals surface area contributed by atoms with Crippen LogP contribution in [0.25, 0.3) is 0 Å². The predicted molar refractivity (Wildman–Crippen MR) is 74.9 cm³/mol. The van der Waals surface area contributed by atoms with E-state index in [-0.39, 0.29) is 18.4 Å². The summed E-state index contributed by atoms with van der Waals surface area (Å²) in [7, 11) is 0. The first-order valence-electron chi connectivity index (χ1n) is 6.58. The molecule has 4 N–H and O–H groups in total.